The number of carbonyl (C=O) groups excluding carboxylic acids is 1. The number of aromatic nitrogens is 1. The smallest absolute Gasteiger partial charge is 0.269 e. The maximum absolute atomic E-state index is 12.4. The lowest BCUT2D eigenvalue weighted by molar-refractivity contribution is 0.0996. The molecular formula is C13H14N4O2S. The monoisotopic (exact) mass is 290 g/mol. The van der Waals surface area contributed by atoms with Gasteiger partial charge >= 0.3 is 0 Å². The van der Waals surface area contributed by atoms with Gasteiger partial charge < -0.3 is 15.8 Å². The molecule has 1 aromatic heterocycles. The van der Waals surface area contributed by atoms with E-state index in [0.29, 0.717) is 16.1 Å². The number of thiazole rings is 1. The van der Waals surface area contributed by atoms with Crippen LogP contribution < -0.4 is 10.6 Å². The van der Waals surface area contributed by atoms with E-state index < -0.39 is 0 Å². The molecule has 1 heterocycles. The SMILES string of the molecule is Cc1ncc(C(=O)N(C)c2ccccc2/C(N)=N/O)s1. The Kier molecular flexibility index (Phi) is 3.99. The Hall–Kier alpha value is -2.41. The molecule has 20 heavy (non-hydrogen) atoms. The third-order valence-corrected chi connectivity index (χ3v) is 3.69. The quantitative estimate of drug-likeness (QED) is 0.390. The van der Waals surface area contributed by atoms with Crippen LogP contribution in [0.4, 0.5) is 5.69 Å². The first kappa shape index (κ1) is 14.0. The number of amidine groups is 1. The second-order valence-corrected chi connectivity index (χ2v) is 5.34. The molecule has 0 aliphatic rings. The van der Waals surface area contributed by atoms with Crippen LogP contribution in [0, 0.1) is 6.92 Å². The van der Waals surface area contributed by atoms with Gasteiger partial charge in [-0.15, -0.1) is 11.3 Å². The maximum Gasteiger partial charge on any atom is 0.269 e. The number of oxime groups is 1. The van der Waals surface area contributed by atoms with Gasteiger partial charge in [0, 0.05) is 12.6 Å². The highest BCUT2D eigenvalue weighted by molar-refractivity contribution is 7.13. The molecule has 0 aliphatic carbocycles. The van der Waals surface area contributed by atoms with Crippen molar-refractivity contribution in [3.63, 3.8) is 0 Å². The second-order valence-electron chi connectivity index (χ2n) is 4.11. The molecule has 0 atom stereocenters. The van der Waals surface area contributed by atoms with Gasteiger partial charge in [0.15, 0.2) is 5.84 Å². The van der Waals surface area contributed by atoms with E-state index in [1.807, 2.05) is 6.92 Å². The zero-order chi connectivity index (χ0) is 14.7. The Balaban J connectivity index is 2.39. The summed E-state index contributed by atoms with van der Waals surface area (Å²) in [5, 5.41) is 12.6. The highest BCUT2D eigenvalue weighted by Gasteiger charge is 2.19. The van der Waals surface area contributed by atoms with E-state index in [1.165, 1.54) is 16.2 Å². The first-order valence-electron chi connectivity index (χ1n) is 5.82. The van der Waals surface area contributed by atoms with Crippen molar-refractivity contribution >= 4 is 28.8 Å². The Bertz CT molecular complexity index is 666. The molecule has 2 rings (SSSR count). The van der Waals surface area contributed by atoms with Crippen molar-refractivity contribution in [3.8, 4) is 0 Å². The third kappa shape index (κ3) is 2.62. The van der Waals surface area contributed by atoms with Crippen LogP contribution in [0.15, 0.2) is 35.6 Å². The average Bonchev–Trinajstić information content (AvgIpc) is 2.91. The summed E-state index contributed by atoms with van der Waals surface area (Å²) in [6, 6.07) is 6.96. The lowest BCUT2D eigenvalue weighted by Gasteiger charge is -2.19. The standard InChI is InChI=1S/C13H14N4O2S/c1-8-15-7-11(20-8)13(18)17(2)10-6-4-3-5-9(10)12(14)16-19/h3-7,19H,1-2H3,(H2,14,16). The van der Waals surface area contributed by atoms with E-state index in [9.17, 15) is 4.79 Å². The van der Waals surface area contributed by atoms with Gasteiger partial charge in [0.25, 0.3) is 5.91 Å². The molecular weight excluding hydrogens is 276 g/mol. The summed E-state index contributed by atoms with van der Waals surface area (Å²) in [6.07, 6.45) is 1.55. The summed E-state index contributed by atoms with van der Waals surface area (Å²) >= 11 is 1.33. The average molecular weight is 290 g/mol. The maximum atomic E-state index is 12.4. The highest BCUT2D eigenvalue weighted by Crippen LogP contribution is 2.22. The van der Waals surface area contributed by atoms with Crippen LogP contribution in [-0.2, 0) is 0 Å². The van der Waals surface area contributed by atoms with Crippen molar-refractivity contribution in [2.45, 2.75) is 6.92 Å². The predicted octanol–water partition coefficient (Wildman–Crippen LogP) is 1.82. The minimum Gasteiger partial charge on any atom is -0.409 e. The number of carbonyl (C=O) groups is 1. The van der Waals surface area contributed by atoms with Gasteiger partial charge in [0.2, 0.25) is 0 Å². The number of anilines is 1. The Labute approximate surface area is 120 Å². The molecule has 0 saturated carbocycles. The molecule has 0 unspecified atom stereocenters. The van der Waals surface area contributed by atoms with Crippen LogP contribution in [0.25, 0.3) is 0 Å². The topological polar surface area (TPSA) is 91.8 Å². The number of nitrogens with two attached hydrogens (primary N) is 1. The molecule has 1 aromatic carbocycles. The number of nitrogens with zero attached hydrogens (tertiary/aromatic N) is 3. The molecule has 0 radical (unpaired) electrons. The van der Waals surface area contributed by atoms with E-state index >= 15 is 0 Å². The summed E-state index contributed by atoms with van der Waals surface area (Å²) in [6.45, 7) is 1.84. The molecule has 0 aliphatic heterocycles. The van der Waals surface area contributed by atoms with Crippen LogP contribution in [0.1, 0.15) is 20.2 Å². The van der Waals surface area contributed by atoms with Gasteiger partial charge in [-0.05, 0) is 19.1 Å². The van der Waals surface area contributed by atoms with Crippen molar-refractivity contribution in [1.29, 1.82) is 0 Å². The summed E-state index contributed by atoms with van der Waals surface area (Å²) in [4.78, 5) is 18.4. The van der Waals surface area contributed by atoms with Crippen molar-refractivity contribution in [3.05, 3.63) is 45.9 Å². The zero-order valence-corrected chi connectivity index (χ0v) is 11.9. The van der Waals surface area contributed by atoms with E-state index in [-0.39, 0.29) is 11.7 Å². The molecule has 0 bridgehead atoms. The molecule has 0 spiro atoms. The third-order valence-electron chi connectivity index (χ3n) is 2.79. The molecule has 104 valence electrons. The fourth-order valence-corrected chi connectivity index (χ4v) is 2.52. The summed E-state index contributed by atoms with van der Waals surface area (Å²) in [5.74, 6) is -0.227. The first-order valence-corrected chi connectivity index (χ1v) is 6.63. The zero-order valence-electron chi connectivity index (χ0n) is 11.1. The molecule has 3 N–H and O–H groups in total. The minimum atomic E-state index is -0.186. The number of para-hydroxylation sites is 1. The number of hydrogen-bond acceptors (Lipinski definition) is 5. The van der Waals surface area contributed by atoms with E-state index in [4.69, 9.17) is 10.9 Å². The molecule has 6 nitrogen and oxygen atoms in total. The number of benzene rings is 1. The van der Waals surface area contributed by atoms with E-state index in [0.717, 1.165) is 5.01 Å². The van der Waals surface area contributed by atoms with Crippen molar-refractivity contribution in [2.24, 2.45) is 10.9 Å². The van der Waals surface area contributed by atoms with Gasteiger partial charge in [-0.25, -0.2) is 4.98 Å². The summed E-state index contributed by atoms with van der Waals surface area (Å²) in [5.41, 5.74) is 6.69. The molecule has 0 fully saturated rings. The molecule has 7 heteroatoms. The van der Waals surface area contributed by atoms with Gasteiger partial charge in [-0.1, -0.05) is 17.3 Å². The van der Waals surface area contributed by atoms with E-state index in [1.54, 1.807) is 37.5 Å². The van der Waals surface area contributed by atoms with Gasteiger partial charge in [0.1, 0.15) is 4.88 Å². The number of amides is 1. The van der Waals surface area contributed by atoms with Crippen LogP contribution in [0.2, 0.25) is 0 Å². The molecule has 0 saturated heterocycles. The normalized spacial score (nSPS) is 11.4. The second kappa shape index (κ2) is 5.70. The van der Waals surface area contributed by atoms with Crippen LogP contribution >= 0.6 is 11.3 Å². The Morgan fingerprint density at radius 3 is 2.75 bits per heavy atom. The Morgan fingerprint density at radius 1 is 1.45 bits per heavy atom. The fourth-order valence-electron chi connectivity index (χ4n) is 1.77. The molecule has 2 aromatic rings. The highest BCUT2D eigenvalue weighted by atomic mass is 32.1. The van der Waals surface area contributed by atoms with Crippen molar-refractivity contribution in [2.75, 3.05) is 11.9 Å². The summed E-state index contributed by atoms with van der Waals surface area (Å²) < 4.78 is 0. The summed E-state index contributed by atoms with van der Waals surface area (Å²) in [7, 11) is 1.64. The minimum absolute atomic E-state index is 0.0410. The van der Waals surface area contributed by atoms with Crippen LogP contribution in [0.5, 0.6) is 0 Å². The number of hydrogen-bond donors (Lipinski definition) is 2. The van der Waals surface area contributed by atoms with Gasteiger partial charge in [0.05, 0.1) is 16.9 Å². The van der Waals surface area contributed by atoms with Crippen LogP contribution in [-0.4, -0.2) is 29.0 Å². The number of rotatable bonds is 3. The van der Waals surface area contributed by atoms with Crippen LogP contribution in [0.3, 0.4) is 0 Å². The fraction of sp³-hybridized carbons (Fsp3) is 0.154. The largest absolute Gasteiger partial charge is 0.409 e. The van der Waals surface area contributed by atoms with E-state index in [2.05, 4.69) is 10.1 Å². The number of aryl methyl sites for hydroxylation is 1. The molecule has 1 amide bonds. The first-order chi connectivity index (χ1) is 9.54. The van der Waals surface area contributed by atoms with Crippen molar-refractivity contribution < 1.29 is 10.0 Å². The van der Waals surface area contributed by atoms with Gasteiger partial charge in [-0.3, -0.25) is 4.79 Å². The van der Waals surface area contributed by atoms with Crippen molar-refractivity contribution in [1.82, 2.24) is 4.98 Å². The van der Waals surface area contributed by atoms with Gasteiger partial charge in [-0.2, -0.15) is 0 Å². The lowest BCUT2D eigenvalue weighted by Crippen LogP contribution is -2.28. The Morgan fingerprint density at radius 2 is 2.15 bits per heavy atom. The predicted molar refractivity (Wildman–Crippen MR) is 78.5 cm³/mol. The lowest BCUT2D eigenvalue weighted by atomic mass is 10.1.